The first kappa shape index (κ1) is 26.5. The molecule has 198 valence electrons. The van der Waals surface area contributed by atoms with Crippen LogP contribution in [0.3, 0.4) is 0 Å². The monoisotopic (exact) mass is 517 g/mol. The maximum atomic E-state index is 11.9. The van der Waals surface area contributed by atoms with Gasteiger partial charge in [-0.05, 0) is 27.7 Å². The predicted molar refractivity (Wildman–Crippen MR) is 106 cm³/mol. The third-order valence-corrected chi connectivity index (χ3v) is 6.86. The van der Waals surface area contributed by atoms with Gasteiger partial charge >= 0.3 is 10.3 Å². The van der Waals surface area contributed by atoms with Gasteiger partial charge in [0, 0.05) is 0 Å². The van der Waals surface area contributed by atoms with Crippen molar-refractivity contribution in [2.75, 3.05) is 13.2 Å². The number of hydrogen-bond donors (Lipinski definition) is 5. The van der Waals surface area contributed by atoms with Gasteiger partial charge in [0.05, 0.1) is 13.2 Å². The largest absolute Gasteiger partial charge is 0.394 e. The van der Waals surface area contributed by atoms with Crippen molar-refractivity contribution in [2.45, 2.75) is 101 Å². The molecule has 0 aromatic heterocycles. The van der Waals surface area contributed by atoms with E-state index in [1.54, 1.807) is 27.7 Å². The molecular formula is C18H33N2O13S+. The maximum absolute atomic E-state index is 11.9. The van der Waals surface area contributed by atoms with Gasteiger partial charge in [-0.25, -0.2) is 0 Å². The third-order valence-electron chi connectivity index (χ3n) is 5.99. The zero-order valence-electron chi connectivity index (χ0n) is 19.2. The molecule has 0 aromatic carbocycles. The van der Waals surface area contributed by atoms with Gasteiger partial charge in [0.2, 0.25) is 0 Å². The number of ether oxygens (including phenoxy) is 7. The molecule has 0 unspecified atom stereocenters. The number of rotatable bonds is 7. The zero-order valence-corrected chi connectivity index (χ0v) is 20.0. The van der Waals surface area contributed by atoms with Gasteiger partial charge in [-0.2, -0.15) is 19.0 Å². The minimum absolute atomic E-state index is 0.206. The first-order valence-electron chi connectivity index (χ1n) is 10.8. The third kappa shape index (κ3) is 5.25. The molecule has 0 aliphatic carbocycles. The minimum Gasteiger partial charge on any atom is -0.394 e. The van der Waals surface area contributed by atoms with Gasteiger partial charge in [0.1, 0.15) is 48.8 Å². The average Bonchev–Trinajstić information content (AvgIpc) is 3.24. The van der Waals surface area contributed by atoms with Crippen LogP contribution in [0.5, 0.6) is 0 Å². The molecule has 4 aliphatic heterocycles. The van der Waals surface area contributed by atoms with E-state index in [9.17, 15) is 23.7 Å². The van der Waals surface area contributed by atoms with Crippen molar-refractivity contribution in [3.8, 4) is 0 Å². The van der Waals surface area contributed by atoms with Crippen LogP contribution in [-0.4, -0.2) is 110 Å². The van der Waals surface area contributed by atoms with Gasteiger partial charge < -0.3 is 48.5 Å². The van der Waals surface area contributed by atoms with Crippen molar-refractivity contribution < 1.29 is 67.1 Å². The molecule has 16 heteroatoms. The molecule has 4 rings (SSSR count). The first-order valence-corrected chi connectivity index (χ1v) is 12.2. The normalized spacial score (nSPS) is 45.6. The highest BCUT2D eigenvalue weighted by molar-refractivity contribution is 7.84. The van der Waals surface area contributed by atoms with Crippen LogP contribution >= 0.6 is 0 Å². The van der Waals surface area contributed by atoms with Crippen molar-refractivity contribution in [3.63, 3.8) is 0 Å². The predicted octanol–water partition coefficient (Wildman–Crippen LogP) is -3.78. The molecular weight excluding hydrogens is 484 g/mol. The average molecular weight is 518 g/mol. The van der Waals surface area contributed by atoms with Gasteiger partial charge in [0.15, 0.2) is 24.2 Å². The second-order valence-corrected chi connectivity index (χ2v) is 10.8. The summed E-state index contributed by atoms with van der Waals surface area (Å²) in [6, 6.07) is -1.49. The lowest BCUT2D eigenvalue weighted by Gasteiger charge is -2.43. The SMILES string of the molecule is CC1(C)O[C@H]2[C@@H](O1)[C@@H](CO[C@@H]1O[C@H](CO)[C@@H](O)[C@H](O)[C@H]1NS(=O)(=O)O[NH3+])O[C@@H]1OC(C)(C)O[C@@H]12. The van der Waals surface area contributed by atoms with Crippen LogP contribution in [0.15, 0.2) is 0 Å². The molecule has 4 heterocycles. The Morgan fingerprint density at radius 1 is 0.912 bits per heavy atom. The maximum Gasteiger partial charge on any atom is 0.381 e. The van der Waals surface area contributed by atoms with E-state index < -0.39 is 89.8 Å². The molecule has 4 fully saturated rings. The Bertz CT molecular complexity index is 842. The van der Waals surface area contributed by atoms with Crippen molar-refractivity contribution in [1.82, 2.24) is 4.72 Å². The van der Waals surface area contributed by atoms with E-state index in [4.69, 9.17) is 33.2 Å². The summed E-state index contributed by atoms with van der Waals surface area (Å²) < 4.78 is 71.1. The standard InChI is InChI=1S/C18H33N2O13S/c1-17(2)29-12-8(28-16-14(13(12)30-17)31-18(3,4)32-16)6-26-15-9(20-34(24,25)33-19)11(23)10(22)7(5-21)27-15/h7-16,20-23H,5-6H2,1-4,19H3/q+1/t7-,8-,9-,10-,11-,12+,13+,14-,15-,16-/m1/s1. The molecule has 34 heavy (non-hydrogen) atoms. The molecule has 15 nitrogen and oxygen atoms in total. The van der Waals surface area contributed by atoms with Gasteiger partial charge in [-0.3, -0.25) is 0 Å². The Labute approximate surface area is 196 Å². The van der Waals surface area contributed by atoms with Crippen LogP contribution in [0, 0.1) is 0 Å². The highest BCUT2D eigenvalue weighted by Crippen LogP contribution is 2.44. The van der Waals surface area contributed by atoms with E-state index in [-0.39, 0.29) is 6.61 Å². The summed E-state index contributed by atoms with van der Waals surface area (Å²) in [5.41, 5.74) is 0. The smallest absolute Gasteiger partial charge is 0.381 e. The number of aliphatic hydroxyl groups is 3. The highest BCUT2D eigenvalue weighted by Gasteiger charge is 2.61. The molecule has 4 aliphatic rings. The lowest BCUT2D eigenvalue weighted by molar-refractivity contribution is -0.635. The van der Waals surface area contributed by atoms with Crippen LogP contribution in [0.2, 0.25) is 0 Å². The molecule has 0 saturated carbocycles. The fraction of sp³-hybridized carbons (Fsp3) is 1.00. The Morgan fingerprint density at radius 2 is 1.53 bits per heavy atom. The van der Waals surface area contributed by atoms with Gasteiger partial charge in [-0.15, -0.1) is 0 Å². The lowest BCUT2D eigenvalue weighted by atomic mass is 9.97. The van der Waals surface area contributed by atoms with E-state index in [1.807, 2.05) is 4.72 Å². The number of aliphatic hydroxyl groups excluding tert-OH is 3. The van der Waals surface area contributed by atoms with E-state index in [0.717, 1.165) is 0 Å². The summed E-state index contributed by atoms with van der Waals surface area (Å²) in [5, 5.41) is 30.1. The first-order chi connectivity index (χ1) is 15.8. The topological polar surface area (TPSA) is 208 Å². The zero-order chi connectivity index (χ0) is 25.1. The summed E-state index contributed by atoms with van der Waals surface area (Å²) in [5.74, 6) is 0.995. The molecule has 0 amide bonds. The Hall–Kier alpha value is -0.570. The second kappa shape index (κ2) is 9.38. The quantitative estimate of drug-likeness (QED) is 0.206. The number of quaternary nitrogens is 1. The van der Waals surface area contributed by atoms with Crippen molar-refractivity contribution >= 4 is 10.3 Å². The van der Waals surface area contributed by atoms with Crippen LogP contribution in [0.1, 0.15) is 27.7 Å². The van der Waals surface area contributed by atoms with E-state index in [1.165, 1.54) is 0 Å². The minimum atomic E-state index is -4.40. The molecule has 0 bridgehead atoms. The van der Waals surface area contributed by atoms with Crippen molar-refractivity contribution in [1.29, 1.82) is 0 Å². The summed E-state index contributed by atoms with van der Waals surface area (Å²) in [4.78, 5) is 0. The molecule has 10 atom stereocenters. The Morgan fingerprint density at radius 3 is 2.18 bits per heavy atom. The summed E-state index contributed by atoms with van der Waals surface area (Å²) >= 11 is 0. The molecule has 0 radical (unpaired) electrons. The summed E-state index contributed by atoms with van der Waals surface area (Å²) in [6.45, 7) is 6.13. The molecule has 0 spiro atoms. The van der Waals surface area contributed by atoms with Crippen LogP contribution < -0.4 is 10.6 Å². The van der Waals surface area contributed by atoms with E-state index >= 15 is 0 Å². The summed E-state index contributed by atoms with van der Waals surface area (Å²) in [6.07, 6.45) is -9.21. The Kier molecular flexibility index (Phi) is 7.31. The fourth-order valence-electron chi connectivity index (χ4n) is 4.57. The van der Waals surface area contributed by atoms with E-state index in [2.05, 4.69) is 10.2 Å². The fourth-order valence-corrected chi connectivity index (χ4v) is 5.22. The van der Waals surface area contributed by atoms with Crippen molar-refractivity contribution in [2.24, 2.45) is 0 Å². The van der Waals surface area contributed by atoms with Crippen LogP contribution in [0.4, 0.5) is 0 Å². The van der Waals surface area contributed by atoms with Gasteiger partial charge in [0.25, 0.3) is 0 Å². The Balaban J connectivity index is 1.51. The molecule has 0 aromatic rings. The molecule has 4 saturated heterocycles. The van der Waals surface area contributed by atoms with E-state index in [0.29, 0.717) is 0 Å². The summed E-state index contributed by atoms with van der Waals surface area (Å²) in [7, 11) is -4.40. The van der Waals surface area contributed by atoms with Crippen LogP contribution in [-0.2, 0) is 47.7 Å². The highest BCUT2D eigenvalue weighted by atomic mass is 32.2. The van der Waals surface area contributed by atoms with Crippen LogP contribution in [0.25, 0.3) is 0 Å². The lowest BCUT2D eigenvalue weighted by Crippen LogP contribution is -2.67. The number of fused-ring (bicyclic) bond motifs is 3. The number of hydrogen-bond acceptors (Lipinski definition) is 13. The van der Waals surface area contributed by atoms with Crippen molar-refractivity contribution in [3.05, 3.63) is 0 Å². The number of nitrogens with one attached hydrogen (secondary N) is 1. The second-order valence-electron chi connectivity index (χ2n) is 9.46. The molecule has 7 N–H and O–H groups in total. The van der Waals surface area contributed by atoms with Gasteiger partial charge in [-0.1, -0.05) is 4.28 Å².